The van der Waals surface area contributed by atoms with Gasteiger partial charge in [-0.05, 0) is 38.3 Å². The van der Waals surface area contributed by atoms with Crippen LogP contribution in [0.1, 0.15) is 37.8 Å². The molecule has 1 rings (SSSR count). The first-order valence-electron chi connectivity index (χ1n) is 5.33. The lowest BCUT2D eigenvalue weighted by molar-refractivity contribution is -0.116. The van der Waals surface area contributed by atoms with E-state index in [1.807, 2.05) is 0 Å². The summed E-state index contributed by atoms with van der Waals surface area (Å²) in [6.07, 6.45) is 3.62. The largest absolute Gasteiger partial charge is 0.300 e. The van der Waals surface area contributed by atoms with Crippen molar-refractivity contribution >= 4 is 11.4 Å². The van der Waals surface area contributed by atoms with Crippen molar-refractivity contribution in [1.82, 2.24) is 0 Å². The Kier molecular flexibility index (Phi) is 4.29. The summed E-state index contributed by atoms with van der Waals surface area (Å²) in [5.41, 5.74) is 3.76. The van der Waals surface area contributed by atoms with Crippen LogP contribution in [0.2, 0.25) is 0 Å². The van der Waals surface area contributed by atoms with E-state index in [4.69, 9.17) is 0 Å². The van der Waals surface area contributed by atoms with E-state index >= 15 is 0 Å². The molecule has 1 aromatic carbocycles. The number of benzene rings is 1. The summed E-state index contributed by atoms with van der Waals surface area (Å²) in [6, 6.07) is 8.46. The number of rotatable bonds is 4. The zero-order valence-electron chi connectivity index (χ0n) is 9.71. The van der Waals surface area contributed by atoms with E-state index in [1.165, 1.54) is 16.7 Å². The molecule has 0 N–H and O–H groups in total. The molecule has 0 aliphatic rings. The molecule has 0 fully saturated rings. The van der Waals surface area contributed by atoms with Crippen LogP contribution >= 0.6 is 0 Å². The Morgan fingerprint density at radius 1 is 1.20 bits per heavy atom. The highest BCUT2D eigenvalue weighted by atomic mass is 16.1. The Hall–Kier alpha value is -1.37. The SMILES string of the molecule is CC(=O)CC/C=C(\C)c1ccc(C)cc1. The molecule has 0 atom stereocenters. The summed E-state index contributed by atoms with van der Waals surface area (Å²) < 4.78 is 0. The molecule has 0 saturated carbocycles. The third-order valence-electron chi connectivity index (χ3n) is 2.45. The van der Waals surface area contributed by atoms with Crippen molar-refractivity contribution in [3.63, 3.8) is 0 Å². The average molecular weight is 202 g/mol. The smallest absolute Gasteiger partial charge is 0.130 e. The van der Waals surface area contributed by atoms with Crippen LogP contribution in [0.15, 0.2) is 30.3 Å². The highest BCUT2D eigenvalue weighted by molar-refractivity contribution is 5.76. The van der Waals surface area contributed by atoms with Gasteiger partial charge >= 0.3 is 0 Å². The van der Waals surface area contributed by atoms with Crippen LogP contribution in [0.3, 0.4) is 0 Å². The quantitative estimate of drug-likeness (QED) is 0.726. The fourth-order valence-corrected chi connectivity index (χ4v) is 1.43. The van der Waals surface area contributed by atoms with Gasteiger partial charge in [-0.1, -0.05) is 35.9 Å². The number of aryl methyl sites for hydroxylation is 1. The minimum Gasteiger partial charge on any atom is -0.300 e. The second-order valence-corrected chi connectivity index (χ2v) is 3.99. The number of carbonyl (C=O) groups excluding carboxylic acids is 1. The lowest BCUT2D eigenvalue weighted by Gasteiger charge is -2.02. The molecule has 1 aromatic rings. The first-order valence-corrected chi connectivity index (χ1v) is 5.33. The summed E-state index contributed by atoms with van der Waals surface area (Å²) in [5, 5.41) is 0. The molecule has 15 heavy (non-hydrogen) atoms. The summed E-state index contributed by atoms with van der Waals surface area (Å²) in [7, 11) is 0. The topological polar surface area (TPSA) is 17.1 Å². The van der Waals surface area contributed by atoms with Gasteiger partial charge in [0.15, 0.2) is 0 Å². The number of carbonyl (C=O) groups is 1. The Bertz CT molecular complexity index is 357. The first-order chi connectivity index (χ1) is 7.09. The summed E-state index contributed by atoms with van der Waals surface area (Å²) in [6.45, 7) is 5.80. The number of hydrogen-bond donors (Lipinski definition) is 0. The van der Waals surface area contributed by atoms with Crippen molar-refractivity contribution in [2.45, 2.75) is 33.6 Å². The van der Waals surface area contributed by atoms with E-state index in [9.17, 15) is 4.79 Å². The van der Waals surface area contributed by atoms with Crippen LogP contribution in [-0.2, 0) is 4.79 Å². The van der Waals surface area contributed by atoms with Crippen LogP contribution in [-0.4, -0.2) is 5.78 Å². The third-order valence-corrected chi connectivity index (χ3v) is 2.45. The minimum atomic E-state index is 0.253. The number of Topliss-reactive ketones (excluding diaryl/α,β-unsaturated/α-hetero) is 1. The molecule has 0 heterocycles. The molecular weight excluding hydrogens is 184 g/mol. The predicted molar refractivity (Wildman–Crippen MR) is 64.7 cm³/mol. The standard InChI is InChI=1S/C14H18O/c1-11-7-9-14(10-8-11)12(2)5-4-6-13(3)15/h5,7-10H,4,6H2,1-3H3/b12-5+. The zero-order valence-corrected chi connectivity index (χ0v) is 9.71. The van der Waals surface area contributed by atoms with Gasteiger partial charge in [-0.25, -0.2) is 0 Å². The van der Waals surface area contributed by atoms with Crippen molar-refractivity contribution in [2.75, 3.05) is 0 Å². The van der Waals surface area contributed by atoms with Crippen molar-refractivity contribution < 1.29 is 4.79 Å². The van der Waals surface area contributed by atoms with Gasteiger partial charge < -0.3 is 4.79 Å². The Balaban J connectivity index is 2.63. The van der Waals surface area contributed by atoms with Gasteiger partial charge in [0.1, 0.15) is 5.78 Å². The van der Waals surface area contributed by atoms with Gasteiger partial charge in [0.2, 0.25) is 0 Å². The van der Waals surface area contributed by atoms with Gasteiger partial charge in [0.25, 0.3) is 0 Å². The number of hydrogen-bond acceptors (Lipinski definition) is 1. The van der Waals surface area contributed by atoms with Gasteiger partial charge in [0.05, 0.1) is 0 Å². The van der Waals surface area contributed by atoms with E-state index < -0.39 is 0 Å². The van der Waals surface area contributed by atoms with Crippen molar-refractivity contribution in [1.29, 1.82) is 0 Å². The van der Waals surface area contributed by atoms with Crippen LogP contribution in [0.5, 0.6) is 0 Å². The van der Waals surface area contributed by atoms with Gasteiger partial charge in [-0.3, -0.25) is 0 Å². The van der Waals surface area contributed by atoms with E-state index in [2.05, 4.69) is 44.2 Å². The molecule has 1 heteroatoms. The lowest BCUT2D eigenvalue weighted by atomic mass is 10.0. The van der Waals surface area contributed by atoms with Gasteiger partial charge in [-0.15, -0.1) is 0 Å². The van der Waals surface area contributed by atoms with Gasteiger partial charge in [-0.2, -0.15) is 0 Å². The Labute approximate surface area is 91.8 Å². The monoisotopic (exact) mass is 202 g/mol. The number of ketones is 1. The second-order valence-electron chi connectivity index (χ2n) is 3.99. The second kappa shape index (κ2) is 5.50. The van der Waals surface area contributed by atoms with Gasteiger partial charge in [0, 0.05) is 6.42 Å². The predicted octanol–water partition coefficient (Wildman–Crippen LogP) is 3.77. The molecular formula is C14H18O. The molecule has 0 bridgehead atoms. The molecule has 0 saturated heterocycles. The van der Waals surface area contributed by atoms with Crippen LogP contribution < -0.4 is 0 Å². The van der Waals surface area contributed by atoms with Crippen LogP contribution in [0.25, 0.3) is 5.57 Å². The summed E-state index contributed by atoms with van der Waals surface area (Å²) in [5.74, 6) is 0.253. The molecule has 0 aromatic heterocycles. The first kappa shape index (κ1) is 11.7. The maximum absolute atomic E-state index is 10.8. The summed E-state index contributed by atoms with van der Waals surface area (Å²) in [4.78, 5) is 10.8. The third kappa shape index (κ3) is 4.11. The molecule has 0 aliphatic carbocycles. The minimum absolute atomic E-state index is 0.253. The zero-order chi connectivity index (χ0) is 11.3. The lowest BCUT2D eigenvalue weighted by Crippen LogP contribution is -1.87. The molecule has 0 amide bonds. The normalized spacial score (nSPS) is 11.5. The highest BCUT2D eigenvalue weighted by Gasteiger charge is 1.95. The number of allylic oxidation sites excluding steroid dienone is 2. The van der Waals surface area contributed by atoms with Crippen LogP contribution in [0, 0.1) is 6.92 Å². The van der Waals surface area contributed by atoms with Crippen LogP contribution in [0.4, 0.5) is 0 Å². The average Bonchev–Trinajstić information content (AvgIpc) is 2.18. The fraction of sp³-hybridized carbons (Fsp3) is 0.357. The molecule has 80 valence electrons. The Morgan fingerprint density at radius 2 is 1.80 bits per heavy atom. The molecule has 0 spiro atoms. The van der Waals surface area contributed by atoms with Crippen molar-refractivity contribution in [3.05, 3.63) is 41.5 Å². The fourth-order valence-electron chi connectivity index (χ4n) is 1.43. The highest BCUT2D eigenvalue weighted by Crippen LogP contribution is 2.15. The Morgan fingerprint density at radius 3 is 2.33 bits per heavy atom. The molecule has 0 unspecified atom stereocenters. The van der Waals surface area contributed by atoms with E-state index in [0.717, 1.165) is 6.42 Å². The van der Waals surface area contributed by atoms with E-state index in [0.29, 0.717) is 6.42 Å². The van der Waals surface area contributed by atoms with Crippen molar-refractivity contribution in [3.8, 4) is 0 Å². The maximum atomic E-state index is 10.8. The van der Waals surface area contributed by atoms with E-state index in [-0.39, 0.29) is 5.78 Å². The summed E-state index contributed by atoms with van der Waals surface area (Å²) >= 11 is 0. The molecule has 1 nitrogen and oxygen atoms in total. The molecule has 0 radical (unpaired) electrons. The van der Waals surface area contributed by atoms with E-state index in [1.54, 1.807) is 6.92 Å². The molecule has 0 aliphatic heterocycles. The van der Waals surface area contributed by atoms with Crippen molar-refractivity contribution in [2.24, 2.45) is 0 Å². The maximum Gasteiger partial charge on any atom is 0.130 e.